The Morgan fingerprint density at radius 3 is 2.81 bits per heavy atom. The van der Waals surface area contributed by atoms with E-state index >= 15 is 0 Å². The molecule has 7 nitrogen and oxygen atoms in total. The van der Waals surface area contributed by atoms with E-state index in [-0.39, 0.29) is 28.9 Å². The molecule has 114 valence electrons. The molecule has 1 saturated heterocycles. The molecule has 1 aromatic carbocycles. The number of benzene rings is 1. The van der Waals surface area contributed by atoms with Crippen molar-refractivity contribution in [3.63, 3.8) is 0 Å². The van der Waals surface area contributed by atoms with Crippen LogP contribution < -0.4 is 5.73 Å². The number of likely N-dealkylation sites (N-methyl/N-ethyl adjacent to an activating group) is 1. The van der Waals surface area contributed by atoms with Crippen molar-refractivity contribution in [2.24, 2.45) is 0 Å². The minimum atomic E-state index is -0.564. The van der Waals surface area contributed by atoms with Crippen LogP contribution in [0.4, 0.5) is 11.4 Å². The highest BCUT2D eigenvalue weighted by molar-refractivity contribution is 6.01. The molecule has 1 amide bonds. The van der Waals surface area contributed by atoms with Crippen LogP contribution in [0.1, 0.15) is 23.7 Å². The van der Waals surface area contributed by atoms with Crippen LogP contribution in [0.25, 0.3) is 0 Å². The summed E-state index contributed by atoms with van der Waals surface area (Å²) in [7, 11) is 2.02. The summed E-state index contributed by atoms with van der Waals surface area (Å²) in [6.45, 7) is 4.32. The van der Waals surface area contributed by atoms with Crippen LogP contribution in [0.3, 0.4) is 0 Å². The van der Waals surface area contributed by atoms with E-state index in [1.807, 2.05) is 14.0 Å². The van der Waals surface area contributed by atoms with Crippen LogP contribution in [0.5, 0.6) is 0 Å². The van der Waals surface area contributed by atoms with E-state index in [4.69, 9.17) is 5.73 Å². The Labute approximate surface area is 123 Å². The van der Waals surface area contributed by atoms with E-state index in [0.29, 0.717) is 6.54 Å². The highest BCUT2D eigenvalue weighted by Crippen LogP contribution is 2.26. The van der Waals surface area contributed by atoms with Gasteiger partial charge in [-0.25, -0.2) is 0 Å². The van der Waals surface area contributed by atoms with E-state index in [1.165, 1.54) is 12.1 Å². The Bertz CT molecular complexity index is 561. The number of para-hydroxylation sites is 1. The van der Waals surface area contributed by atoms with Gasteiger partial charge in [-0.15, -0.1) is 0 Å². The van der Waals surface area contributed by atoms with Gasteiger partial charge in [-0.05, 0) is 33.0 Å². The lowest BCUT2D eigenvalue weighted by Crippen LogP contribution is -2.42. The van der Waals surface area contributed by atoms with Crippen LogP contribution >= 0.6 is 0 Å². The fourth-order valence-electron chi connectivity index (χ4n) is 2.73. The predicted molar refractivity (Wildman–Crippen MR) is 80.1 cm³/mol. The third-order valence-electron chi connectivity index (χ3n) is 3.82. The molecular formula is C14H20N4O3. The zero-order chi connectivity index (χ0) is 15.6. The molecule has 2 N–H and O–H groups in total. The second kappa shape index (κ2) is 6.09. The summed E-state index contributed by atoms with van der Waals surface area (Å²) in [6.07, 6.45) is 0.876. The average Bonchev–Trinajstić information content (AvgIpc) is 2.58. The van der Waals surface area contributed by atoms with Crippen molar-refractivity contribution in [2.45, 2.75) is 19.4 Å². The summed E-state index contributed by atoms with van der Waals surface area (Å²) in [5.41, 5.74) is 5.73. The lowest BCUT2D eigenvalue weighted by atomic mass is 10.1. The molecule has 1 aliphatic rings. The number of amides is 1. The number of rotatable bonds is 2. The number of nitro groups is 1. The quantitative estimate of drug-likeness (QED) is 0.504. The van der Waals surface area contributed by atoms with Crippen LogP contribution in [-0.2, 0) is 0 Å². The van der Waals surface area contributed by atoms with Crippen LogP contribution in [0.2, 0.25) is 0 Å². The van der Waals surface area contributed by atoms with Crippen molar-refractivity contribution in [3.8, 4) is 0 Å². The highest BCUT2D eigenvalue weighted by atomic mass is 16.6. The monoisotopic (exact) mass is 292 g/mol. The first kappa shape index (κ1) is 15.2. The molecule has 1 heterocycles. The number of nitrogens with two attached hydrogens (primary N) is 1. The lowest BCUT2D eigenvalue weighted by Gasteiger charge is -2.28. The Hall–Kier alpha value is -2.15. The highest BCUT2D eigenvalue weighted by Gasteiger charge is 2.28. The molecule has 1 unspecified atom stereocenters. The second-order valence-corrected chi connectivity index (χ2v) is 5.46. The van der Waals surface area contributed by atoms with Gasteiger partial charge < -0.3 is 15.5 Å². The summed E-state index contributed by atoms with van der Waals surface area (Å²) in [5, 5.41) is 10.9. The fraction of sp³-hybridized carbons (Fsp3) is 0.500. The van der Waals surface area contributed by atoms with Crippen molar-refractivity contribution in [1.82, 2.24) is 9.80 Å². The van der Waals surface area contributed by atoms with Crippen LogP contribution in [-0.4, -0.2) is 53.4 Å². The zero-order valence-corrected chi connectivity index (χ0v) is 12.3. The molecule has 0 bridgehead atoms. The maximum Gasteiger partial charge on any atom is 0.292 e. The average molecular weight is 292 g/mol. The second-order valence-electron chi connectivity index (χ2n) is 5.46. The zero-order valence-electron chi connectivity index (χ0n) is 12.3. The van der Waals surface area contributed by atoms with Gasteiger partial charge in [-0.3, -0.25) is 14.9 Å². The number of nitro benzene ring substituents is 1. The maximum atomic E-state index is 12.7. The van der Waals surface area contributed by atoms with E-state index in [1.54, 1.807) is 11.0 Å². The Morgan fingerprint density at radius 1 is 1.43 bits per heavy atom. The smallest absolute Gasteiger partial charge is 0.292 e. The SMILES string of the molecule is CC1CN(C)CCCN1C(=O)c1cccc([N+](=O)[O-])c1N. The molecule has 1 aliphatic heterocycles. The molecule has 0 spiro atoms. The Morgan fingerprint density at radius 2 is 2.14 bits per heavy atom. The summed E-state index contributed by atoms with van der Waals surface area (Å²) >= 11 is 0. The number of nitrogens with zero attached hydrogens (tertiary/aromatic N) is 3. The van der Waals surface area contributed by atoms with Crippen LogP contribution in [0.15, 0.2) is 18.2 Å². The number of carbonyl (C=O) groups excluding carboxylic acids is 1. The molecule has 0 aromatic heterocycles. The maximum absolute atomic E-state index is 12.7. The van der Waals surface area contributed by atoms with Gasteiger partial charge in [0.25, 0.3) is 11.6 Å². The molecule has 7 heteroatoms. The normalized spacial score (nSPS) is 20.1. The minimum Gasteiger partial charge on any atom is -0.393 e. The van der Waals surface area contributed by atoms with Crippen molar-refractivity contribution in [3.05, 3.63) is 33.9 Å². The standard InChI is InChI=1S/C14H20N4O3/c1-10-9-16(2)7-4-8-17(10)14(19)11-5-3-6-12(13(11)15)18(20)21/h3,5-6,10H,4,7-9,15H2,1-2H3. The molecular weight excluding hydrogens is 272 g/mol. The van der Waals surface area contributed by atoms with E-state index in [9.17, 15) is 14.9 Å². The lowest BCUT2D eigenvalue weighted by molar-refractivity contribution is -0.383. The predicted octanol–water partition coefficient (Wildman–Crippen LogP) is 1.34. The first-order valence-electron chi connectivity index (χ1n) is 6.94. The van der Waals surface area contributed by atoms with Gasteiger partial charge in [-0.2, -0.15) is 0 Å². The van der Waals surface area contributed by atoms with E-state index in [2.05, 4.69) is 4.90 Å². The Kier molecular flexibility index (Phi) is 4.42. The molecule has 1 aromatic rings. The van der Waals surface area contributed by atoms with Crippen molar-refractivity contribution >= 4 is 17.3 Å². The summed E-state index contributed by atoms with van der Waals surface area (Å²) in [5.74, 6) is -0.237. The fourth-order valence-corrected chi connectivity index (χ4v) is 2.73. The van der Waals surface area contributed by atoms with Gasteiger partial charge in [0.2, 0.25) is 0 Å². The topological polar surface area (TPSA) is 92.7 Å². The number of anilines is 1. The van der Waals surface area contributed by atoms with E-state index < -0.39 is 4.92 Å². The summed E-state index contributed by atoms with van der Waals surface area (Å²) < 4.78 is 0. The summed E-state index contributed by atoms with van der Waals surface area (Å²) in [4.78, 5) is 27.0. The van der Waals surface area contributed by atoms with Crippen molar-refractivity contribution in [2.75, 3.05) is 32.4 Å². The molecule has 2 rings (SSSR count). The minimum absolute atomic E-state index is 0.0451. The number of carbonyl (C=O) groups is 1. The third kappa shape index (κ3) is 3.13. The van der Waals surface area contributed by atoms with Gasteiger partial charge in [0.1, 0.15) is 5.69 Å². The number of hydrogen-bond acceptors (Lipinski definition) is 5. The third-order valence-corrected chi connectivity index (χ3v) is 3.82. The Balaban J connectivity index is 2.31. The number of hydrogen-bond donors (Lipinski definition) is 1. The van der Waals surface area contributed by atoms with Gasteiger partial charge in [-0.1, -0.05) is 6.07 Å². The van der Waals surface area contributed by atoms with E-state index in [0.717, 1.165) is 19.5 Å². The van der Waals surface area contributed by atoms with Gasteiger partial charge >= 0.3 is 0 Å². The summed E-state index contributed by atoms with van der Waals surface area (Å²) in [6, 6.07) is 4.40. The first-order chi connectivity index (χ1) is 9.91. The first-order valence-corrected chi connectivity index (χ1v) is 6.94. The largest absolute Gasteiger partial charge is 0.393 e. The molecule has 0 saturated carbocycles. The number of nitrogen functional groups attached to an aromatic ring is 1. The van der Waals surface area contributed by atoms with Crippen molar-refractivity contribution < 1.29 is 9.72 Å². The molecule has 1 atom stereocenters. The van der Waals surface area contributed by atoms with Gasteiger partial charge in [0, 0.05) is 25.2 Å². The molecule has 1 fully saturated rings. The molecule has 0 aliphatic carbocycles. The molecule has 21 heavy (non-hydrogen) atoms. The van der Waals surface area contributed by atoms with Gasteiger partial charge in [0.15, 0.2) is 0 Å². The molecule has 0 radical (unpaired) electrons. The van der Waals surface area contributed by atoms with Crippen molar-refractivity contribution in [1.29, 1.82) is 0 Å². The van der Waals surface area contributed by atoms with Crippen LogP contribution in [0, 0.1) is 10.1 Å². The van der Waals surface area contributed by atoms with Gasteiger partial charge in [0.05, 0.1) is 10.5 Å².